The van der Waals surface area contributed by atoms with E-state index in [2.05, 4.69) is 5.43 Å². The van der Waals surface area contributed by atoms with Crippen molar-refractivity contribution in [3.63, 3.8) is 0 Å². The Balaban J connectivity index is 1.87. The molecule has 0 radical (unpaired) electrons. The Labute approximate surface area is 141 Å². The zero-order valence-electron chi connectivity index (χ0n) is 13.9. The van der Waals surface area contributed by atoms with Crippen LogP contribution < -0.4 is 15.3 Å². The molecule has 0 saturated carbocycles. The molecule has 5 heteroatoms. The Bertz CT molecular complexity index is 806. The van der Waals surface area contributed by atoms with E-state index in [1.807, 2.05) is 74.4 Å². The molecule has 0 bridgehead atoms. The van der Waals surface area contributed by atoms with Crippen molar-refractivity contribution in [2.45, 2.75) is 6.92 Å². The minimum atomic E-state index is -0.391. The summed E-state index contributed by atoms with van der Waals surface area (Å²) < 4.78 is 0. The van der Waals surface area contributed by atoms with Crippen molar-refractivity contribution in [2.24, 2.45) is 0 Å². The van der Waals surface area contributed by atoms with Crippen LogP contribution in [0.4, 0.5) is 11.4 Å². The molecule has 2 aromatic rings. The van der Waals surface area contributed by atoms with Crippen LogP contribution in [0, 0.1) is 6.92 Å². The van der Waals surface area contributed by atoms with E-state index in [0.29, 0.717) is 5.69 Å². The molecule has 3 rings (SSSR count). The Morgan fingerprint density at radius 2 is 1.58 bits per heavy atom. The first-order chi connectivity index (χ1) is 11.5. The molecule has 0 aliphatic carbocycles. The number of rotatable bonds is 3. The normalized spacial score (nSPS) is 15.8. The van der Waals surface area contributed by atoms with E-state index < -0.39 is 5.91 Å². The van der Waals surface area contributed by atoms with Crippen molar-refractivity contribution in [1.29, 1.82) is 0 Å². The van der Waals surface area contributed by atoms with Gasteiger partial charge in [-0.3, -0.25) is 15.0 Å². The summed E-state index contributed by atoms with van der Waals surface area (Å²) in [6.45, 7) is 1.97. The monoisotopic (exact) mass is 321 g/mol. The molecular weight excluding hydrogens is 302 g/mol. The number of nitrogens with one attached hydrogen (secondary N) is 1. The fraction of sp³-hybridized carbons (Fsp3) is 0.158. The molecule has 122 valence electrons. The zero-order valence-corrected chi connectivity index (χ0v) is 13.9. The Morgan fingerprint density at radius 1 is 0.958 bits per heavy atom. The summed E-state index contributed by atoms with van der Waals surface area (Å²) in [6.07, 6.45) is 1.62. The number of hydrogen-bond acceptors (Lipinski definition) is 3. The molecular formula is C19H19N3O2. The van der Waals surface area contributed by atoms with Crippen molar-refractivity contribution < 1.29 is 9.59 Å². The number of carbonyl (C=O) groups excluding carboxylic acids is 2. The number of aryl methyl sites for hydroxylation is 1. The predicted molar refractivity (Wildman–Crippen MR) is 95.6 cm³/mol. The molecule has 2 aromatic carbocycles. The van der Waals surface area contributed by atoms with Gasteiger partial charge in [-0.25, -0.2) is 5.01 Å². The first-order valence-corrected chi connectivity index (χ1v) is 7.67. The van der Waals surface area contributed by atoms with E-state index in [9.17, 15) is 9.59 Å². The lowest BCUT2D eigenvalue weighted by Gasteiger charge is -2.14. The molecule has 24 heavy (non-hydrogen) atoms. The van der Waals surface area contributed by atoms with Crippen LogP contribution in [0.1, 0.15) is 11.1 Å². The van der Waals surface area contributed by atoms with E-state index in [1.165, 1.54) is 5.01 Å². The largest absolute Gasteiger partial charge is 0.378 e. The van der Waals surface area contributed by atoms with E-state index in [0.717, 1.165) is 16.8 Å². The average Bonchev–Trinajstić information content (AvgIpc) is 2.84. The van der Waals surface area contributed by atoms with Gasteiger partial charge in [0.2, 0.25) is 0 Å². The van der Waals surface area contributed by atoms with E-state index in [-0.39, 0.29) is 11.5 Å². The van der Waals surface area contributed by atoms with Gasteiger partial charge in [0, 0.05) is 19.8 Å². The number of hydrazine groups is 1. The van der Waals surface area contributed by atoms with Gasteiger partial charge in [-0.05, 0) is 42.8 Å². The molecule has 1 heterocycles. The molecule has 1 saturated heterocycles. The minimum Gasteiger partial charge on any atom is -0.378 e. The highest BCUT2D eigenvalue weighted by molar-refractivity contribution is 6.31. The third-order valence-electron chi connectivity index (χ3n) is 3.90. The van der Waals surface area contributed by atoms with E-state index >= 15 is 0 Å². The van der Waals surface area contributed by atoms with Gasteiger partial charge in [0.05, 0.1) is 5.69 Å². The van der Waals surface area contributed by atoms with Crippen molar-refractivity contribution in [3.8, 4) is 0 Å². The molecule has 1 aliphatic heterocycles. The molecule has 1 fully saturated rings. The van der Waals surface area contributed by atoms with Crippen molar-refractivity contribution in [1.82, 2.24) is 5.43 Å². The molecule has 0 spiro atoms. The first kappa shape index (κ1) is 15.8. The molecule has 2 amide bonds. The number of hydrogen-bond donors (Lipinski definition) is 1. The summed E-state index contributed by atoms with van der Waals surface area (Å²) in [4.78, 5) is 26.7. The average molecular weight is 321 g/mol. The van der Waals surface area contributed by atoms with Gasteiger partial charge in [0.15, 0.2) is 0 Å². The van der Waals surface area contributed by atoms with Crippen LogP contribution in [0.2, 0.25) is 0 Å². The second-order valence-electron chi connectivity index (χ2n) is 5.96. The molecule has 0 unspecified atom stereocenters. The third-order valence-corrected chi connectivity index (χ3v) is 3.90. The highest BCUT2D eigenvalue weighted by atomic mass is 16.2. The molecule has 0 atom stereocenters. The van der Waals surface area contributed by atoms with Crippen molar-refractivity contribution >= 4 is 29.3 Å². The first-order valence-electron chi connectivity index (χ1n) is 7.67. The second-order valence-corrected chi connectivity index (χ2v) is 5.96. The smallest absolute Gasteiger partial charge is 0.282 e. The van der Waals surface area contributed by atoms with Crippen LogP contribution in [-0.2, 0) is 9.59 Å². The number of benzene rings is 2. The summed E-state index contributed by atoms with van der Waals surface area (Å²) in [5, 5.41) is 1.28. The highest BCUT2D eigenvalue weighted by Gasteiger charge is 2.34. The lowest BCUT2D eigenvalue weighted by molar-refractivity contribution is -0.117. The highest BCUT2D eigenvalue weighted by Crippen LogP contribution is 2.22. The maximum atomic E-state index is 12.5. The van der Waals surface area contributed by atoms with Gasteiger partial charge >= 0.3 is 0 Å². The molecule has 5 nitrogen and oxygen atoms in total. The quantitative estimate of drug-likeness (QED) is 0.698. The summed E-state index contributed by atoms with van der Waals surface area (Å²) in [6, 6.07) is 15.1. The number of anilines is 2. The number of amides is 2. The molecule has 1 aliphatic rings. The van der Waals surface area contributed by atoms with Crippen LogP contribution in [0.3, 0.4) is 0 Å². The predicted octanol–water partition coefficient (Wildman–Crippen LogP) is 2.52. The Morgan fingerprint density at radius 3 is 2.17 bits per heavy atom. The second kappa shape index (κ2) is 6.20. The minimum absolute atomic E-state index is 0.133. The van der Waals surface area contributed by atoms with Crippen LogP contribution in [0.5, 0.6) is 0 Å². The summed E-state index contributed by atoms with van der Waals surface area (Å²) >= 11 is 0. The van der Waals surface area contributed by atoms with Gasteiger partial charge in [0.25, 0.3) is 11.8 Å². The fourth-order valence-electron chi connectivity index (χ4n) is 2.47. The van der Waals surface area contributed by atoms with E-state index in [4.69, 9.17) is 0 Å². The summed E-state index contributed by atoms with van der Waals surface area (Å²) in [5.74, 6) is -0.738. The third kappa shape index (κ3) is 3.01. The van der Waals surface area contributed by atoms with Crippen molar-refractivity contribution in [2.75, 3.05) is 24.0 Å². The fourth-order valence-corrected chi connectivity index (χ4v) is 2.47. The van der Waals surface area contributed by atoms with Crippen LogP contribution in [-0.4, -0.2) is 25.9 Å². The van der Waals surface area contributed by atoms with Gasteiger partial charge in [-0.2, -0.15) is 0 Å². The Kier molecular flexibility index (Phi) is 4.08. The number of nitrogens with zero attached hydrogens (tertiary/aromatic N) is 2. The van der Waals surface area contributed by atoms with Gasteiger partial charge in [-0.1, -0.05) is 29.8 Å². The van der Waals surface area contributed by atoms with Crippen LogP contribution >= 0.6 is 0 Å². The molecule has 0 aromatic heterocycles. The van der Waals surface area contributed by atoms with Crippen LogP contribution in [0.25, 0.3) is 6.08 Å². The topological polar surface area (TPSA) is 52.7 Å². The maximum Gasteiger partial charge on any atom is 0.282 e. The lowest BCUT2D eigenvalue weighted by Crippen LogP contribution is -2.35. The SMILES string of the molecule is Cc1ccc(N2NC(=O)/C(=C/c3ccc(N(C)C)cc3)C2=O)cc1. The Hall–Kier alpha value is -3.08. The summed E-state index contributed by atoms with van der Waals surface area (Å²) in [5.41, 5.74) is 6.34. The van der Waals surface area contributed by atoms with Gasteiger partial charge in [0.1, 0.15) is 5.57 Å². The molecule has 1 N–H and O–H groups in total. The van der Waals surface area contributed by atoms with Gasteiger partial charge < -0.3 is 4.90 Å². The zero-order chi connectivity index (χ0) is 17.3. The van der Waals surface area contributed by atoms with Gasteiger partial charge in [-0.15, -0.1) is 0 Å². The maximum absolute atomic E-state index is 12.5. The van der Waals surface area contributed by atoms with Crippen molar-refractivity contribution in [3.05, 3.63) is 65.2 Å². The standard InChI is InChI=1S/C19H19N3O2/c1-13-4-8-16(9-5-13)22-19(24)17(18(23)20-22)12-14-6-10-15(11-7-14)21(2)3/h4-12H,1-3H3,(H,20,23)/b17-12-. The lowest BCUT2D eigenvalue weighted by atomic mass is 10.1. The number of carbonyl (C=O) groups is 2. The summed E-state index contributed by atoms with van der Waals surface area (Å²) in [7, 11) is 3.92. The van der Waals surface area contributed by atoms with Crippen LogP contribution in [0.15, 0.2) is 54.1 Å². The van der Waals surface area contributed by atoms with E-state index in [1.54, 1.807) is 6.08 Å².